The Bertz CT molecular complexity index is 767. The molecule has 8 nitrogen and oxygen atoms in total. The summed E-state index contributed by atoms with van der Waals surface area (Å²) in [5.74, 6) is 0.438. The molecule has 1 amide bonds. The van der Waals surface area contributed by atoms with Crippen LogP contribution in [-0.4, -0.2) is 71.2 Å². The molecular weight excluding hydrogens is 406 g/mol. The number of carbonyl (C=O) groups excluding carboxylic acids is 2. The maximum absolute atomic E-state index is 12.8. The lowest BCUT2D eigenvalue weighted by Crippen LogP contribution is -2.47. The highest BCUT2D eigenvalue weighted by Gasteiger charge is 2.37. The first-order valence-electron chi connectivity index (χ1n) is 11.6. The normalized spacial score (nSPS) is 18.1. The fraction of sp³-hybridized carbons (Fsp3) is 0.667. The lowest BCUT2D eigenvalue weighted by molar-refractivity contribution is -0.163. The van der Waals surface area contributed by atoms with Gasteiger partial charge in [0.2, 0.25) is 5.91 Å². The van der Waals surface area contributed by atoms with Gasteiger partial charge in [0, 0.05) is 25.8 Å². The third kappa shape index (κ3) is 7.79. The predicted octanol–water partition coefficient (Wildman–Crippen LogP) is 3.42. The first-order valence-corrected chi connectivity index (χ1v) is 11.6. The molecule has 2 fully saturated rings. The molecular formula is C24H39N5O3. The molecule has 2 aliphatic rings. The second-order valence-electron chi connectivity index (χ2n) is 8.25. The second kappa shape index (κ2) is 13.0. The molecule has 1 aromatic heterocycles. The Hall–Kier alpha value is -2.66. The molecule has 1 unspecified atom stereocenters. The number of hydrogen-bond acceptors (Lipinski definition) is 7. The minimum absolute atomic E-state index is 0.0389. The van der Waals surface area contributed by atoms with Crippen molar-refractivity contribution < 1.29 is 14.3 Å². The highest BCUT2D eigenvalue weighted by atomic mass is 16.6. The maximum atomic E-state index is 12.8. The van der Waals surface area contributed by atoms with Gasteiger partial charge in [-0.25, -0.2) is 9.78 Å². The highest BCUT2D eigenvalue weighted by molar-refractivity contribution is 5.86. The van der Waals surface area contributed by atoms with E-state index in [1.54, 1.807) is 17.2 Å². The van der Waals surface area contributed by atoms with Gasteiger partial charge in [-0.15, -0.1) is 0 Å². The third-order valence-corrected chi connectivity index (χ3v) is 4.87. The zero-order chi connectivity index (χ0) is 24.3. The first-order chi connectivity index (χ1) is 15.3. The predicted molar refractivity (Wildman–Crippen MR) is 126 cm³/mol. The number of rotatable bonds is 4. The fourth-order valence-corrected chi connectivity index (χ4v) is 3.56. The quantitative estimate of drug-likeness (QED) is 0.656. The minimum Gasteiger partial charge on any atom is -0.458 e. The van der Waals surface area contributed by atoms with Crippen molar-refractivity contribution in [1.82, 2.24) is 14.8 Å². The number of anilines is 1. The number of esters is 1. The zero-order valence-corrected chi connectivity index (χ0v) is 20.7. The van der Waals surface area contributed by atoms with Crippen LogP contribution in [0.4, 0.5) is 5.82 Å². The Morgan fingerprint density at radius 1 is 1.16 bits per heavy atom. The Balaban J connectivity index is 0.00000121. The van der Waals surface area contributed by atoms with Gasteiger partial charge in [0.25, 0.3) is 0 Å². The monoisotopic (exact) mass is 445 g/mol. The van der Waals surface area contributed by atoms with E-state index < -0.39 is 11.6 Å². The molecule has 3 rings (SSSR count). The van der Waals surface area contributed by atoms with Crippen molar-refractivity contribution in [1.29, 1.82) is 5.26 Å². The molecule has 3 heterocycles. The number of pyridine rings is 1. The third-order valence-electron chi connectivity index (χ3n) is 4.87. The minimum atomic E-state index is -0.558. The van der Waals surface area contributed by atoms with Crippen LogP contribution in [0.15, 0.2) is 18.3 Å². The van der Waals surface area contributed by atoms with Gasteiger partial charge in [0.1, 0.15) is 23.5 Å². The summed E-state index contributed by atoms with van der Waals surface area (Å²) >= 11 is 0. The SMILES string of the molecule is CC.CC.CC(C)(C)OC(=O)C1CCCN1C(=O)CN1CCN(c2ccc(C#N)cn2)C1. The van der Waals surface area contributed by atoms with E-state index in [4.69, 9.17) is 10.00 Å². The molecule has 0 aromatic carbocycles. The molecule has 178 valence electrons. The number of ether oxygens (including phenoxy) is 1. The molecule has 0 spiro atoms. The summed E-state index contributed by atoms with van der Waals surface area (Å²) in [7, 11) is 0. The molecule has 8 heteroatoms. The molecule has 0 bridgehead atoms. The summed E-state index contributed by atoms with van der Waals surface area (Å²) in [5, 5.41) is 8.87. The number of hydrogen-bond donors (Lipinski definition) is 0. The first kappa shape index (κ1) is 27.4. The average molecular weight is 446 g/mol. The lowest BCUT2D eigenvalue weighted by atomic mass is 10.1. The molecule has 1 aromatic rings. The Morgan fingerprint density at radius 2 is 1.84 bits per heavy atom. The van der Waals surface area contributed by atoms with Gasteiger partial charge in [-0.1, -0.05) is 27.7 Å². The van der Waals surface area contributed by atoms with Gasteiger partial charge in [0.15, 0.2) is 0 Å². The Morgan fingerprint density at radius 3 is 2.41 bits per heavy atom. The Kier molecular flexibility index (Phi) is 11.1. The van der Waals surface area contributed by atoms with Crippen molar-refractivity contribution in [2.24, 2.45) is 0 Å². The number of nitrogens with zero attached hydrogens (tertiary/aromatic N) is 5. The fourth-order valence-electron chi connectivity index (χ4n) is 3.56. The van der Waals surface area contributed by atoms with E-state index in [1.165, 1.54) is 0 Å². The van der Waals surface area contributed by atoms with E-state index in [1.807, 2.05) is 59.4 Å². The van der Waals surface area contributed by atoms with E-state index in [2.05, 4.69) is 16.0 Å². The highest BCUT2D eigenvalue weighted by Crippen LogP contribution is 2.22. The summed E-state index contributed by atoms with van der Waals surface area (Å²) in [6.07, 6.45) is 3.03. The van der Waals surface area contributed by atoms with Crippen LogP contribution >= 0.6 is 0 Å². The molecule has 0 N–H and O–H groups in total. The van der Waals surface area contributed by atoms with Crippen LogP contribution < -0.4 is 4.90 Å². The van der Waals surface area contributed by atoms with Crippen molar-refractivity contribution in [2.75, 3.05) is 37.7 Å². The van der Waals surface area contributed by atoms with Crippen LogP contribution in [-0.2, 0) is 14.3 Å². The molecule has 2 saturated heterocycles. The van der Waals surface area contributed by atoms with E-state index >= 15 is 0 Å². The van der Waals surface area contributed by atoms with Crippen molar-refractivity contribution >= 4 is 17.7 Å². The van der Waals surface area contributed by atoms with Gasteiger partial charge in [-0.2, -0.15) is 5.26 Å². The number of carbonyl (C=O) groups is 2. The van der Waals surface area contributed by atoms with E-state index in [0.29, 0.717) is 25.2 Å². The van der Waals surface area contributed by atoms with Gasteiger partial charge < -0.3 is 14.5 Å². The largest absolute Gasteiger partial charge is 0.458 e. The van der Waals surface area contributed by atoms with Crippen LogP contribution in [0, 0.1) is 11.3 Å². The number of nitriles is 1. The van der Waals surface area contributed by atoms with Crippen LogP contribution in [0.5, 0.6) is 0 Å². The van der Waals surface area contributed by atoms with Gasteiger partial charge in [-0.05, 0) is 45.7 Å². The van der Waals surface area contributed by atoms with Gasteiger partial charge >= 0.3 is 5.97 Å². The summed E-state index contributed by atoms with van der Waals surface area (Å²) in [4.78, 5) is 35.3. The molecule has 2 aliphatic heterocycles. The van der Waals surface area contributed by atoms with E-state index in [-0.39, 0.29) is 18.4 Å². The van der Waals surface area contributed by atoms with Gasteiger partial charge in [0.05, 0.1) is 18.8 Å². The smallest absolute Gasteiger partial charge is 0.329 e. The summed E-state index contributed by atoms with van der Waals surface area (Å²) < 4.78 is 5.48. The van der Waals surface area contributed by atoms with Crippen LogP contribution in [0.2, 0.25) is 0 Å². The number of aromatic nitrogens is 1. The van der Waals surface area contributed by atoms with Crippen LogP contribution in [0.3, 0.4) is 0 Å². The molecule has 0 radical (unpaired) electrons. The van der Waals surface area contributed by atoms with Crippen molar-refractivity contribution in [3.63, 3.8) is 0 Å². The number of amides is 1. The zero-order valence-electron chi connectivity index (χ0n) is 20.7. The van der Waals surface area contributed by atoms with E-state index in [0.717, 1.165) is 25.3 Å². The summed E-state index contributed by atoms with van der Waals surface area (Å²) in [6, 6.07) is 5.14. The van der Waals surface area contributed by atoms with Crippen LogP contribution in [0.25, 0.3) is 0 Å². The van der Waals surface area contributed by atoms with Crippen molar-refractivity contribution in [2.45, 2.75) is 73.0 Å². The summed E-state index contributed by atoms with van der Waals surface area (Å²) in [6.45, 7) is 16.5. The van der Waals surface area contributed by atoms with Crippen LogP contribution in [0.1, 0.15) is 66.9 Å². The van der Waals surface area contributed by atoms with Crippen molar-refractivity contribution in [3.05, 3.63) is 23.9 Å². The summed E-state index contributed by atoms with van der Waals surface area (Å²) in [5.41, 5.74) is -0.0324. The molecule has 32 heavy (non-hydrogen) atoms. The maximum Gasteiger partial charge on any atom is 0.329 e. The molecule has 1 atom stereocenters. The standard InChI is InChI=1S/C20H27N5O3.2C2H6/c1-20(2,3)28-19(27)16-5-4-8-25(16)18(26)13-23-9-10-24(14-23)17-7-6-15(11-21)12-22-17;2*1-2/h6-7,12,16H,4-5,8-10,13-14H2,1-3H3;2*1-2H3. The lowest BCUT2D eigenvalue weighted by Gasteiger charge is -2.28. The second-order valence-corrected chi connectivity index (χ2v) is 8.25. The Labute approximate surface area is 193 Å². The van der Waals surface area contributed by atoms with E-state index in [9.17, 15) is 9.59 Å². The number of likely N-dealkylation sites (tertiary alicyclic amines) is 1. The van der Waals surface area contributed by atoms with Crippen molar-refractivity contribution in [3.8, 4) is 6.07 Å². The van der Waals surface area contributed by atoms with Gasteiger partial charge in [-0.3, -0.25) is 9.69 Å². The topological polar surface area (TPSA) is 89.8 Å². The average Bonchev–Trinajstić information content (AvgIpc) is 3.45. The molecule has 0 aliphatic carbocycles. The molecule has 0 saturated carbocycles.